The first-order valence-corrected chi connectivity index (χ1v) is 7.67. The molecule has 1 N–H and O–H groups in total. The van der Waals surface area contributed by atoms with E-state index in [0.717, 1.165) is 0 Å². The Labute approximate surface area is 115 Å². The van der Waals surface area contributed by atoms with Gasteiger partial charge in [0.05, 0.1) is 6.10 Å². The first-order valence-electron chi connectivity index (χ1n) is 7.67. The summed E-state index contributed by atoms with van der Waals surface area (Å²) in [7, 11) is 3.89. The molecule has 0 aliphatic heterocycles. The number of nitrogens with one attached hydrogen (secondary N) is 1. The Bertz CT molecular complexity index is 186. The van der Waals surface area contributed by atoms with Gasteiger partial charge in [0.2, 0.25) is 0 Å². The van der Waals surface area contributed by atoms with Gasteiger partial charge in [-0.2, -0.15) is 0 Å². The van der Waals surface area contributed by atoms with E-state index in [-0.39, 0.29) is 11.5 Å². The van der Waals surface area contributed by atoms with E-state index in [9.17, 15) is 0 Å². The molecule has 2 atom stereocenters. The first kappa shape index (κ1) is 17.9. The van der Waals surface area contributed by atoms with Crippen molar-refractivity contribution in [3.05, 3.63) is 0 Å². The number of methoxy groups -OCH3 is 1. The Hall–Kier alpha value is -0.0800. The second-order valence-corrected chi connectivity index (χ2v) is 6.47. The Morgan fingerprint density at radius 3 is 2.00 bits per heavy atom. The van der Waals surface area contributed by atoms with Gasteiger partial charge in [0.25, 0.3) is 0 Å². The molecule has 0 rings (SSSR count). The second-order valence-electron chi connectivity index (χ2n) is 6.47. The Morgan fingerprint density at radius 1 is 1.00 bits per heavy atom. The van der Waals surface area contributed by atoms with Crippen LogP contribution in [0.25, 0.3) is 0 Å². The Kier molecular flexibility index (Phi) is 9.76. The normalized spacial score (nSPS) is 15.7. The maximum atomic E-state index is 5.70. The molecule has 0 saturated carbocycles. The van der Waals surface area contributed by atoms with Crippen molar-refractivity contribution in [1.82, 2.24) is 5.32 Å². The molecule has 0 aliphatic rings. The fourth-order valence-corrected chi connectivity index (χ4v) is 2.71. The lowest BCUT2D eigenvalue weighted by atomic mass is 9.82. The standard InChI is InChI=1S/C16H35NO/c1-7-8-9-10-11-12-13-14(17-5)15(18-6)16(2,3)4/h14-15,17H,7-13H2,1-6H3. The fraction of sp³-hybridized carbons (Fsp3) is 1.00. The fourth-order valence-electron chi connectivity index (χ4n) is 2.71. The van der Waals surface area contributed by atoms with E-state index in [2.05, 4.69) is 40.1 Å². The summed E-state index contributed by atoms with van der Waals surface area (Å²) in [6.45, 7) is 9.04. The zero-order valence-electron chi connectivity index (χ0n) is 13.5. The van der Waals surface area contributed by atoms with Crippen LogP contribution in [0, 0.1) is 5.41 Å². The molecule has 0 aromatic heterocycles. The minimum absolute atomic E-state index is 0.199. The van der Waals surface area contributed by atoms with E-state index in [1.165, 1.54) is 44.9 Å². The van der Waals surface area contributed by atoms with Crippen molar-refractivity contribution in [3.8, 4) is 0 Å². The van der Waals surface area contributed by atoms with Crippen molar-refractivity contribution < 1.29 is 4.74 Å². The largest absolute Gasteiger partial charge is 0.379 e. The number of rotatable bonds is 10. The summed E-state index contributed by atoms with van der Waals surface area (Å²) < 4.78 is 5.70. The van der Waals surface area contributed by atoms with Crippen LogP contribution in [0.3, 0.4) is 0 Å². The van der Waals surface area contributed by atoms with Crippen LogP contribution in [-0.2, 0) is 4.74 Å². The van der Waals surface area contributed by atoms with Gasteiger partial charge in [-0.05, 0) is 18.9 Å². The van der Waals surface area contributed by atoms with E-state index in [0.29, 0.717) is 6.04 Å². The molecule has 110 valence electrons. The van der Waals surface area contributed by atoms with E-state index in [1.807, 2.05) is 7.11 Å². The van der Waals surface area contributed by atoms with Crippen molar-refractivity contribution in [2.24, 2.45) is 5.41 Å². The summed E-state index contributed by atoms with van der Waals surface area (Å²) in [6, 6.07) is 0.473. The minimum Gasteiger partial charge on any atom is -0.379 e. The molecule has 0 aromatic rings. The molecule has 0 bridgehead atoms. The maximum absolute atomic E-state index is 5.70. The number of hydrogen-bond donors (Lipinski definition) is 1. The molecule has 0 amide bonds. The summed E-state index contributed by atoms with van der Waals surface area (Å²) in [5.74, 6) is 0. The van der Waals surface area contributed by atoms with Crippen LogP contribution in [0.1, 0.15) is 72.6 Å². The zero-order chi connectivity index (χ0) is 14.0. The molecule has 2 unspecified atom stereocenters. The SMILES string of the molecule is CCCCCCCCC(NC)C(OC)C(C)(C)C. The van der Waals surface area contributed by atoms with Crippen LogP contribution in [0.4, 0.5) is 0 Å². The molecule has 0 spiro atoms. The third-order valence-electron chi connectivity index (χ3n) is 3.71. The Balaban J connectivity index is 3.95. The molecule has 18 heavy (non-hydrogen) atoms. The number of likely N-dealkylation sites (N-methyl/N-ethyl adjacent to an activating group) is 1. The van der Waals surface area contributed by atoms with Crippen LogP contribution in [0.15, 0.2) is 0 Å². The minimum atomic E-state index is 0.199. The predicted octanol–water partition coefficient (Wildman–Crippen LogP) is 4.39. The lowest BCUT2D eigenvalue weighted by Gasteiger charge is -2.36. The third-order valence-corrected chi connectivity index (χ3v) is 3.71. The molecular weight excluding hydrogens is 222 g/mol. The van der Waals surface area contributed by atoms with Gasteiger partial charge in [0.1, 0.15) is 0 Å². The molecule has 0 heterocycles. The number of unbranched alkanes of at least 4 members (excludes halogenated alkanes) is 5. The van der Waals surface area contributed by atoms with Crippen LogP contribution in [-0.4, -0.2) is 26.3 Å². The van der Waals surface area contributed by atoms with Crippen molar-refractivity contribution >= 4 is 0 Å². The lowest BCUT2D eigenvalue weighted by Crippen LogP contribution is -2.46. The van der Waals surface area contributed by atoms with Crippen LogP contribution in [0.5, 0.6) is 0 Å². The van der Waals surface area contributed by atoms with Crippen molar-refractivity contribution in [2.45, 2.75) is 84.8 Å². The van der Waals surface area contributed by atoms with Crippen molar-refractivity contribution in [2.75, 3.05) is 14.2 Å². The predicted molar refractivity (Wildman–Crippen MR) is 81.1 cm³/mol. The molecule has 0 radical (unpaired) electrons. The highest BCUT2D eigenvalue weighted by molar-refractivity contribution is 4.85. The van der Waals surface area contributed by atoms with Gasteiger partial charge in [-0.3, -0.25) is 0 Å². The number of ether oxygens (including phenoxy) is 1. The van der Waals surface area contributed by atoms with Gasteiger partial charge in [-0.25, -0.2) is 0 Å². The van der Waals surface area contributed by atoms with E-state index in [1.54, 1.807) is 0 Å². The molecule has 2 heteroatoms. The first-order chi connectivity index (χ1) is 8.47. The molecule has 0 aliphatic carbocycles. The molecule has 0 aromatic carbocycles. The van der Waals surface area contributed by atoms with Crippen LogP contribution < -0.4 is 5.32 Å². The van der Waals surface area contributed by atoms with E-state index in [4.69, 9.17) is 4.74 Å². The summed E-state index contributed by atoms with van der Waals surface area (Å²) in [6.07, 6.45) is 9.68. The van der Waals surface area contributed by atoms with Crippen molar-refractivity contribution in [1.29, 1.82) is 0 Å². The smallest absolute Gasteiger partial charge is 0.0772 e. The maximum Gasteiger partial charge on any atom is 0.0772 e. The quantitative estimate of drug-likeness (QED) is 0.586. The molecule has 0 saturated heterocycles. The van der Waals surface area contributed by atoms with Crippen LogP contribution in [0.2, 0.25) is 0 Å². The zero-order valence-corrected chi connectivity index (χ0v) is 13.5. The topological polar surface area (TPSA) is 21.3 Å². The summed E-state index contributed by atoms with van der Waals surface area (Å²) in [4.78, 5) is 0. The highest BCUT2D eigenvalue weighted by atomic mass is 16.5. The highest BCUT2D eigenvalue weighted by Crippen LogP contribution is 2.26. The monoisotopic (exact) mass is 257 g/mol. The average molecular weight is 257 g/mol. The summed E-state index contributed by atoms with van der Waals surface area (Å²) in [5, 5.41) is 3.44. The van der Waals surface area contributed by atoms with Crippen LogP contribution >= 0.6 is 0 Å². The van der Waals surface area contributed by atoms with Gasteiger partial charge < -0.3 is 10.1 Å². The highest BCUT2D eigenvalue weighted by Gasteiger charge is 2.30. The molecule has 0 fully saturated rings. The molecular formula is C16H35NO. The van der Waals surface area contributed by atoms with E-state index >= 15 is 0 Å². The van der Waals surface area contributed by atoms with E-state index < -0.39 is 0 Å². The van der Waals surface area contributed by atoms with Gasteiger partial charge in [0, 0.05) is 13.2 Å². The second kappa shape index (κ2) is 9.80. The molecule has 2 nitrogen and oxygen atoms in total. The number of hydrogen-bond acceptors (Lipinski definition) is 2. The average Bonchev–Trinajstić information content (AvgIpc) is 2.30. The van der Waals surface area contributed by atoms with Gasteiger partial charge in [-0.1, -0.05) is 66.2 Å². The van der Waals surface area contributed by atoms with Gasteiger partial charge in [0.15, 0.2) is 0 Å². The Morgan fingerprint density at radius 2 is 1.56 bits per heavy atom. The van der Waals surface area contributed by atoms with Crippen molar-refractivity contribution in [3.63, 3.8) is 0 Å². The lowest BCUT2D eigenvalue weighted by molar-refractivity contribution is -0.0118. The summed E-state index contributed by atoms with van der Waals surface area (Å²) in [5.41, 5.74) is 0.199. The third kappa shape index (κ3) is 7.38. The van der Waals surface area contributed by atoms with Gasteiger partial charge >= 0.3 is 0 Å². The van der Waals surface area contributed by atoms with Gasteiger partial charge in [-0.15, -0.1) is 0 Å². The summed E-state index contributed by atoms with van der Waals surface area (Å²) >= 11 is 0.